The molecule has 2 aromatic heterocycles. The first kappa shape index (κ1) is 19.5. The molecule has 1 saturated carbocycles. The second-order valence-electron chi connectivity index (χ2n) is 8.22. The molecule has 1 aliphatic rings. The van der Waals surface area contributed by atoms with E-state index in [0.717, 1.165) is 41.6 Å². The lowest BCUT2D eigenvalue weighted by atomic mass is 9.98. The van der Waals surface area contributed by atoms with E-state index in [-0.39, 0.29) is 5.69 Å². The number of benzene rings is 2. The number of nitrogens with one attached hydrogen (secondary N) is 1. The summed E-state index contributed by atoms with van der Waals surface area (Å²) in [6, 6.07) is 16.4. The van der Waals surface area contributed by atoms with E-state index in [1.165, 1.54) is 18.5 Å². The molecule has 0 saturated heterocycles. The number of hydrogen-bond donors (Lipinski definition) is 1. The molecule has 0 radical (unpaired) electrons. The zero-order chi connectivity index (χ0) is 21.2. The summed E-state index contributed by atoms with van der Waals surface area (Å²) in [4.78, 5) is 13.0. The van der Waals surface area contributed by atoms with Crippen molar-refractivity contribution < 1.29 is 0 Å². The molecule has 0 atom stereocenters. The van der Waals surface area contributed by atoms with E-state index in [1.54, 1.807) is 0 Å². The van der Waals surface area contributed by atoms with Crippen molar-refractivity contribution in [3.63, 3.8) is 0 Å². The Morgan fingerprint density at radius 2 is 1.84 bits per heavy atom. The van der Waals surface area contributed by atoms with Gasteiger partial charge in [0, 0.05) is 29.9 Å². The molecule has 7 nitrogen and oxygen atoms in total. The van der Waals surface area contributed by atoms with Gasteiger partial charge < -0.3 is 0 Å². The molecule has 7 heteroatoms. The van der Waals surface area contributed by atoms with Gasteiger partial charge in [-0.3, -0.25) is 9.13 Å². The highest BCUT2D eigenvalue weighted by atomic mass is 16.1. The fourth-order valence-corrected chi connectivity index (χ4v) is 4.08. The van der Waals surface area contributed by atoms with Gasteiger partial charge in [0.2, 0.25) is 5.82 Å². The van der Waals surface area contributed by atoms with Crippen LogP contribution in [0.3, 0.4) is 0 Å². The van der Waals surface area contributed by atoms with Gasteiger partial charge in [-0.1, -0.05) is 61.9 Å². The van der Waals surface area contributed by atoms with E-state index in [4.69, 9.17) is 0 Å². The molecule has 0 aliphatic heterocycles. The molecular weight excluding hydrogens is 388 g/mol. The number of aryl methyl sites for hydroxylation is 1. The fourth-order valence-electron chi connectivity index (χ4n) is 4.08. The predicted octanol–water partition coefficient (Wildman–Crippen LogP) is 4.22. The first-order chi connectivity index (χ1) is 15.2. The van der Waals surface area contributed by atoms with Crippen LogP contribution in [0.25, 0.3) is 22.5 Å². The van der Waals surface area contributed by atoms with Crippen molar-refractivity contribution in [1.82, 2.24) is 29.8 Å². The second kappa shape index (κ2) is 8.34. The fraction of sp³-hybridized carbons (Fsp3) is 0.333. The van der Waals surface area contributed by atoms with Crippen LogP contribution in [-0.2, 0) is 13.1 Å². The third-order valence-corrected chi connectivity index (χ3v) is 5.94. The molecule has 0 unspecified atom stereocenters. The molecule has 0 spiro atoms. The van der Waals surface area contributed by atoms with Gasteiger partial charge in [0.15, 0.2) is 0 Å². The number of tetrazole rings is 1. The number of imidazole rings is 1. The summed E-state index contributed by atoms with van der Waals surface area (Å²) >= 11 is 0. The van der Waals surface area contributed by atoms with Crippen molar-refractivity contribution >= 4 is 0 Å². The average molecular weight is 415 g/mol. The lowest BCUT2D eigenvalue weighted by molar-refractivity contribution is 0.592. The lowest BCUT2D eigenvalue weighted by Crippen LogP contribution is -2.25. The minimum absolute atomic E-state index is 0.113. The highest BCUT2D eigenvalue weighted by Crippen LogP contribution is 2.40. The molecule has 0 amide bonds. The Bertz CT molecular complexity index is 1220. The summed E-state index contributed by atoms with van der Waals surface area (Å²) in [6.45, 7) is 3.56. The van der Waals surface area contributed by atoms with Gasteiger partial charge >= 0.3 is 5.69 Å². The topological polar surface area (TPSA) is 81.4 Å². The van der Waals surface area contributed by atoms with E-state index >= 15 is 0 Å². The summed E-state index contributed by atoms with van der Waals surface area (Å²) < 4.78 is 3.86. The van der Waals surface area contributed by atoms with Crippen molar-refractivity contribution in [2.75, 3.05) is 0 Å². The number of aromatic nitrogens is 6. The maximum absolute atomic E-state index is 13.0. The molecule has 2 heterocycles. The van der Waals surface area contributed by atoms with E-state index < -0.39 is 0 Å². The van der Waals surface area contributed by atoms with E-state index in [9.17, 15) is 4.79 Å². The third kappa shape index (κ3) is 3.95. The normalized spacial score (nSPS) is 13.6. The van der Waals surface area contributed by atoms with Gasteiger partial charge in [0.05, 0.1) is 6.54 Å². The third-order valence-electron chi connectivity index (χ3n) is 5.94. The van der Waals surface area contributed by atoms with Gasteiger partial charge in [-0.25, -0.2) is 4.79 Å². The van der Waals surface area contributed by atoms with Gasteiger partial charge in [0.1, 0.15) is 0 Å². The first-order valence-corrected chi connectivity index (χ1v) is 11.0. The van der Waals surface area contributed by atoms with Crippen molar-refractivity contribution in [2.45, 2.75) is 51.6 Å². The number of H-pyrrole nitrogens is 1. The number of nitrogens with zero attached hydrogens (tertiary/aromatic N) is 5. The van der Waals surface area contributed by atoms with Crippen molar-refractivity contribution in [2.24, 2.45) is 0 Å². The maximum atomic E-state index is 13.0. The highest BCUT2D eigenvalue weighted by Gasteiger charge is 2.29. The highest BCUT2D eigenvalue weighted by molar-refractivity contribution is 5.80. The van der Waals surface area contributed by atoms with Crippen LogP contribution in [0, 0.1) is 0 Å². The van der Waals surface area contributed by atoms with Gasteiger partial charge in [-0.15, -0.1) is 10.2 Å². The smallest absolute Gasteiger partial charge is 0.299 e. The minimum atomic E-state index is 0.113. The Labute approximate surface area is 180 Å². The molecular formula is C24H26N6O. The minimum Gasteiger partial charge on any atom is -0.299 e. The van der Waals surface area contributed by atoms with Crippen LogP contribution in [-0.4, -0.2) is 29.8 Å². The molecule has 5 rings (SSSR count). The van der Waals surface area contributed by atoms with Crippen LogP contribution in [0.5, 0.6) is 0 Å². The van der Waals surface area contributed by atoms with E-state index in [1.807, 2.05) is 27.3 Å². The van der Waals surface area contributed by atoms with Crippen molar-refractivity contribution in [1.29, 1.82) is 0 Å². The Balaban J connectivity index is 1.43. The lowest BCUT2D eigenvalue weighted by Gasteiger charge is -2.10. The summed E-state index contributed by atoms with van der Waals surface area (Å²) in [6.07, 6.45) is 6.57. The number of aromatic amines is 1. The summed E-state index contributed by atoms with van der Waals surface area (Å²) in [5.41, 5.74) is 5.49. The standard InChI is InChI=1S/C24H26N6O/c1-2-3-14-29-16-22(19-12-13-19)30(24(29)31)15-17-8-10-18(11-9-17)20-6-4-5-7-21(20)23-25-27-28-26-23/h4-11,16,19H,2-3,12-15H2,1H3,(H,25,26,27,28). The van der Waals surface area contributed by atoms with Crippen LogP contribution < -0.4 is 5.69 Å². The van der Waals surface area contributed by atoms with Crippen LogP contribution in [0.15, 0.2) is 59.5 Å². The summed E-state index contributed by atoms with van der Waals surface area (Å²) in [7, 11) is 0. The molecule has 1 N–H and O–H groups in total. The Hall–Kier alpha value is -3.48. The van der Waals surface area contributed by atoms with Gasteiger partial charge in [0.25, 0.3) is 0 Å². The zero-order valence-electron chi connectivity index (χ0n) is 17.7. The van der Waals surface area contributed by atoms with Crippen molar-refractivity contribution in [3.05, 3.63) is 76.5 Å². The largest absolute Gasteiger partial charge is 0.328 e. The monoisotopic (exact) mass is 414 g/mol. The quantitative estimate of drug-likeness (QED) is 0.468. The van der Waals surface area contributed by atoms with Crippen LogP contribution in [0.4, 0.5) is 0 Å². The van der Waals surface area contributed by atoms with E-state index in [0.29, 0.717) is 18.3 Å². The van der Waals surface area contributed by atoms with Gasteiger partial charge in [-0.05, 0) is 41.2 Å². The summed E-state index contributed by atoms with van der Waals surface area (Å²) in [5.74, 6) is 1.12. The maximum Gasteiger partial charge on any atom is 0.328 e. The van der Waals surface area contributed by atoms with Crippen LogP contribution in [0.2, 0.25) is 0 Å². The zero-order valence-corrected chi connectivity index (χ0v) is 17.7. The number of unbranched alkanes of at least 4 members (excludes halogenated alkanes) is 1. The Morgan fingerprint density at radius 1 is 1.06 bits per heavy atom. The molecule has 158 valence electrons. The Morgan fingerprint density at radius 3 is 2.52 bits per heavy atom. The Kier molecular flexibility index (Phi) is 5.24. The SMILES string of the molecule is CCCCn1cc(C2CC2)n(Cc2ccc(-c3ccccc3-c3nn[nH]n3)cc2)c1=O. The molecule has 4 aromatic rings. The molecule has 0 bridgehead atoms. The molecule has 31 heavy (non-hydrogen) atoms. The summed E-state index contributed by atoms with van der Waals surface area (Å²) in [5, 5.41) is 14.4. The van der Waals surface area contributed by atoms with Gasteiger partial charge in [-0.2, -0.15) is 5.21 Å². The number of hydrogen-bond acceptors (Lipinski definition) is 4. The number of rotatable bonds is 8. The van der Waals surface area contributed by atoms with Crippen LogP contribution in [0.1, 0.15) is 49.8 Å². The second-order valence-corrected chi connectivity index (χ2v) is 8.22. The molecule has 1 fully saturated rings. The van der Waals surface area contributed by atoms with Crippen molar-refractivity contribution in [3.8, 4) is 22.5 Å². The first-order valence-electron chi connectivity index (χ1n) is 11.0. The van der Waals surface area contributed by atoms with E-state index in [2.05, 4.69) is 64.1 Å². The molecule has 2 aromatic carbocycles. The average Bonchev–Trinajstić information content (AvgIpc) is 3.41. The molecule has 1 aliphatic carbocycles. The predicted molar refractivity (Wildman–Crippen MR) is 120 cm³/mol. The van der Waals surface area contributed by atoms with Crippen LogP contribution >= 0.6 is 0 Å².